The van der Waals surface area contributed by atoms with Gasteiger partial charge in [-0.15, -0.1) is 125 Å². The van der Waals surface area contributed by atoms with E-state index in [1.165, 1.54) is 6.07 Å². The van der Waals surface area contributed by atoms with Gasteiger partial charge in [0.2, 0.25) is 0 Å². The molecule has 0 aliphatic heterocycles. The average molecular weight is 1130 g/mol. The molecule has 7 nitrogen and oxygen atoms in total. The van der Waals surface area contributed by atoms with Crippen LogP contribution in [0, 0.1) is 13.8 Å². The van der Waals surface area contributed by atoms with Gasteiger partial charge >= 0.3 is 17.4 Å². The Hall–Kier alpha value is 7.40. The van der Waals surface area contributed by atoms with Crippen LogP contribution in [0.2, 0.25) is 0 Å². The van der Waals surface area contributed by atoms with Gasteiger partial charge in [0.15, 0.2) is 0 Å². The number of benzene rings is 2. The van der Waals surface area contributed by atoms with Crippen LogP contribution < -0.4 is 17.1 Å². The minimum Gasteiger partial charge on any atom is -0.478 e. The number of aromatic amines is 1. The van der Waals surface area contributed by atoms with Crippen LogP contribution in [0.25, 0.3) is 10.9 Å². The van der Waals surface area contributed by atoms with Crippen molar-refractivity contribution in [2.24, 2.45) is 0 Å². The van der Waals surface area contributed by atoms with Crippen LogP contribution in [-0.4, -0.2) is 16.1 Å². The molecule has 0 fully saturated rings. The van der Waals surface area contributed by atoms with E-state index in [0.717, 1.165) is 19.1 Å². The summed E-state index contributed by atoms with van der Waals surface area (Å²) in [4.78, 5) is 34.8. The first-order chi connectivity index (χ1) is 22.6. The minimum atomic E-state index is -0.984. The molecule has 0 amide bonds. The van der Waals surface area contributed by atoms with Gasteiger partial charge in [-0.2, -0.15) is 0 Å². The highest BCUT2D eigenvalue weighted by Crippen LogP contribution is 3.18. The molecule has 1 aromatic heterocycles. The monoisotopic (exact) mass is 1130 g/mol. The number of rotatable bonds is 10. The van der Waals surface area contributed by atoms with Gasteiger partial charge in [-0.25, -0.2) is 14.4 Å². The molecule has 32 heteroatoms. The molecule has 1 heterocycles. The number of carboxylic acid groups (broad SMARTS) is 1. The number of aromatic carboxylic acids is 1. The van der Waals surface area contributed by atoms with Gasteiger partial charge in [0, 0.05) is 5.69 Å². The number of nitrogens with two attached hydrogens (primary N) is 1. The zero-order chi connectivity index (χ0) is 38.3. The Labute approximate surface area is 335 Å². The lowest BCUT2D eigenvalue weighted by Crippen LogP contribution is -2.14. The summed E-state index contributed by atoms with van der Waals surface area (Å²) in [5.74, 6) is -1.70. The zero-order valence-corrected chi connectivity index (χ0v) is 52.3. The number of carbonyl (C=O) groups is 1. The van der Waals surface area contributed by atoms with Crippen molar-refractivity contribution in [1.29, 1.82) is 0 Å². The molecule has 2 aromatic carbocycles. The van der Waals surface area contributed by atoms with E-state index in [2.05, 4.69) is 134 Å². The van der Waals surface area contributed by atoms with E-state index in [1.807, 2.05) is 13.8 Å². The van der Waals surface area contributed by atoms with Crippen LogP contribution in [-0.2, 0) is 0 Å². The third kappa shape index (κ3) is 22.7. The number of aryl methyl sites for hydroxylation is 2. The Balaban J connectivity index is 0.000000628. The largest absolute Gasteiger partial charge is 0.478 e. The Morgan fingerprint density at radius 1 is 0.735 bits per heavy atom. The standard InChI is InChI=1S/C9H7NO3.C8H9NO2.H15P13.H14P12/c1-5-2-3-6-7(4-5)10-9(12)13-8(6)11;1-5-2-3-6(8(10)11)7(9)4-5;1-8-12(9(2)3)13(10(4)5)11(6)7;1-8(2)11(7)12(9(3)4)10(5)6/h2-4H,1H3,(H,10,12);2-4H,9H2,1H3,(H,10,11);8H,1-7H2;1-7H2. The van der Waals surface area contributed by atoms with E-state index < -0.39 is 17.4 Å². The smallest absolute Gasteiger partial charge is 0.419 e. The van der Waals surface area contributed by atoms with Crippen molar-refractivity contribution in [3.05, 3.63) is 74.1 Å². The van der Waals surface area contributed by atoms with Crippen LogP contribution in [0.15, 0.2) is 50.4 Å². The molecule has 17 atom stereocenters. The third-order valence-electron chi connectivity index (χ3n) is 5.00. The van der Waals surface area contributed by atoms with Crippen LogP contribution >= 0.6 is 203 Å². The molecule has 4 N–H and O–H groups in total. The number of carboxylic acids is 1. The summed E-state index contributed by atoms with van der Waals surface area (Å²) in [7, 11) is 43.2. The van der Waals surface area contributed by atoms with Gasteiger partial charge in [0.05, 0.1) is 16.5 Å². The molecule has 0 radical (unpaired) electrons. The van der Waals surface area contributed by atoms with Crippen molar-refractivity contribution in [3.8, 4) is 0 Å². The number of aromatic nitrogens is 1. The SMILES string of the molecule is Cc1ccc(C(=O)O)c(N)c1.Cc1ccc2c(=O)oc(=O)[nH]c2c1.PP(P)P(P)P(P(P)P)P(P)P.PPP(P(P)P)P(P(P)P)P(P)P. The van der Waals surface area contributed by atoms with Gasteiger partial charge in [-0.3, -0.25) is 4.98 Å². The molecule has 49 heavy (non-hydrogen) atoms. The summed E-state index contributed by atoms with van der Waals surface area (Å²) in [6, 6.07) is 10.0. The molecule has 278 valence electrons. The molecular formula is C17H45N2O5P25. The molecular weight excluding hydrogens is 1090 g/mol. The Morgan fingerprint density at radius 3 is 1.55 bits per heavy atom. The molecule has 0 spiro atoms. The summed E-state index contributed by atoms with van der Waals surface area (Å²) in [6.45, 7) is 5.31. The molecule has 0 saturated carbocycles. The highest BCUT2D eigenvalue weighted by atomic mass is 33.3. The Kier molecular flexibility index (Phi) is 35.0. The van der Waals surface area contributed by atoms with Crippen LogP contribution in [0.1, 0.15) is 21.5 Å². The maximum atomic E-state index is 11.1. The number of hydrogen-bond acceptors (Lipinski definition) is 5. The number of hydrogen-bond donors (Lipinski definition) is 3. The first-order valence-electron chi connectivity index (χ1n) is 12.5. The lowest BCUT2D eigenvalue weighted by molar-refractivity contribution is 0.0698. The lowest BCUT2D eigenvalue weighted by atomic mass is 10.1. The fourth-order valence-electron chi connectivity index (χ4n) is 3.04. The van der Waals surface area contributed by atoms with Crippen molar-refractivity contribution >= 4 is 225 Å². The van der Waals surface area contributed by atoms with Crippen molar-refractivity contribution in [2.45, 2.75) is 13.8 Å². The molecule has 0 aliphatic rings. The molecule has 0 aliphatic carbocycles. The molecule has 0 saturated heterocycles. The van der Waals surface area contributed by atoms with E-state index in [-0.39, 0.29) is 75.4 Å². The predicted molar refractivity (Wildman–Crippen MR) is 304 cm³/mol. The molecule has 3 aromatic rings. The summed E-state index contributed by atoms with van der Waals surface area (Å²) >= 11 is 0. The second-order valence-electron chi connectivity index (χ2n) is 8.80. The van der Waals surface area contributed by atoms with Crippen molar-refractivity contribution in [3.63, 3.8) is 0 Å². The molecule has 3 rings (SSSR count). The number of nitrogens with one attached hydrogen (secondary N) is 1. The van der Waals surface area contributed by atoms with Crippen molar-refractivity contribution < 1.29 is 14.3 Å². The van der Waals surface area contributed by atoms with E-state index in [4.69, 9.17) is 10.8 Å². The fourth-order valence-corrected chi connectivity index (χ4v) is 233. The first kappa shape index (κ1) is 56.4. The van der Waals surface area contributed by atoms with Gasteiger partial charge in [0.1, 0.15) is 0 Å². The van der Waals surface area contributed by atoms with Gasteiger partial charge in [-0.1, -0.05) is 20.1 Å². The van der Waals surface area contributed by atoms with Crippen LogP contribution in [0.5, 0.6) is 0 Å². The summed E-state index contributed by atoms with van der Waals surface area (Å²) in [5, 5.41) is 8.97. The molecule has 0 bridgehead atoms. The number of fused-ring (bicyclic) bond motifs is 1. The summed E-state index contributed by atoms with van der Waals surface area (Å²) in [6.07, 6.45) is 0. The van der Waals surface area contributed by atoms with E-state index >= 15 is 0 Å². The van der Waals surface area contributed by atoms with Crippen molar-refractivity contribution in [2.75, 3.05) is 5.73 Å². The van der Waals surface area contributed by atoms with Crippen molar-refractivity contribution in [1.82, 2.24) is 4.98 Å². The van der Waals surface area contributed by atoms with Crippen LogP contribution in [0.3, 0.4) is 0 Å². The zero-order valence-electron chi connectivity index (χ0n) is 26.2. The fraction of sp³-hybridized carbons (Fsp3) is 0.118. The van der Waals surface area contributed by atoms with E-state index in [9.17, 15) is 14.4 Å². The Morgan fingerprint density at radius 2 is 1.20 bits per heavy atom. The topological polar surface area (TPSA) is 126 Å². The lowest BCUT2D eigenvalue weighted by Gasteiger charge is -2.34. The van der Waals surface area contributed by atoms with E-state index in [0.29, 0.717) is 16.6 Å². The molecule has 17 unspecified atom stereocenters. The number of H-pyrrole nitrogens is 1. The number of anilines is 1. The normalized spacial score (nSPS) is 12.9. The first-order valence-corrected chi connectivity index (χ1v) is 56.2. The maximum absolute atomic E-state index is 11.1. The van der Waals surface area contributed by atoms with Gasteiger partial charge in [-0.05, 0) is 119 Å². The second kappa shape index (κ2) is 30.4. The van der Waals surface area contributed by atoms with Gasteiger partial charge in [0.25, 0.3) is 0 Å². The minimum absolute atomic E-state index is 0.103. The highest BCUT2D eigenvalue weighted by molar-refractivity contribution is 9.24. The summed E-state index contributed by atoms with van der Waals surface area (Å²) < 4.78 is 4.36. The summed E-state index contributed by atoms with van der Waals surface area (Å²) in [5.41, 5.74) is 7.78. The van der Waals surface area contributed by atoms with Gasteiger partial charge < -0.3 is 15.3 Å². The second-order valence-corrected chi connectivity index (χ2v) is 101. The highest BCUT2D eigenvalue weighted by Gasteiger charge is 2.29. The average Bonchev–Trinajstić information content (AvgIpc) is 2.95. The number of nitrogen functional groups attached to an aromatic ring is 1. The van der Waals surface area contributed by atoms with E-state index in [1.54, 1.807) is 30.3 Å². The third-order valence-corrected chi connectivity index (χ3v) is 145. The maximum Gasteiger partial charge on any atom is 0.419 e. The Bertz CT molecular complexity index is 1540. The predicted octanol–water partition coefficient (Wildman–Crippen LogP) is 15.8. The van der Waals surface area contributed by atoms with Crippen LogP contribution in [0.4, 0.5) is 5.69 Å². The quantitative estimate of drug-likeness (QED) is 0.137.